The summed E-state index contributed by atoms with van der Waals surface area (Å²) < 4.78 is 22.6. The van der Waals surface area contributed by atoms with Gasteiger partial charge in [0, 0.05) is 12.4 Å². The summed E-state index contributed by atoms with van der Waals surface area (Å²) >= 11 is 5.69. The van der Waals surface area contributed by atoms with Crippen LogP contribution in [0.15, 0.2) is 24.3 Å². The highest BCUT2D eigenvalue weighted by Gasteiger charge is 2.32. The monoisotopic (exact) mass is 301 g/mol. The van der Waals surface area contributed by atoms with Crippen molar-refractivity contribution in [2.24, 2.45) is 5.92 Å². The van der Waals surface area contributed by atoms with Crippen LogP contribution >= 0.6 is 11.6 Å². The SMILES string of the molecule is O=C(NCc1ccc(CCl)cc1)C1CCS(=O)(=O)C1. The van der Waals surface area contributed by atoms with Crippen molar-refractivity contribution in [3.63, 3.8) is 0 Å². The molecule has 0 saturated carbocycles. The highest BCUT2D eigenvalue weighted by molar-refractivity contribution is 7.91. The fraction of sp³-hybridized carbons (Fsp3) is 0.462. The Bertz CT molecular complexity index is 554. The van der Waals surface area contributed by atoms with Gasteiger partial charge in [0.15, 0.2) is 9.84 Å². The molecule has 1 aromatic rings. The van der Waals surface area contributed by atoms with Gasteiger partial charge in [0.1, 0.15) is 0 Å². The molecule has 4 nitrogen and oxygen atoms in total. The summed E-state index contributed by atoms with van der Waals surface area (Å²) in [5.41, 5.74) is 2.00. The van der Waals surface area contributed by atoms with E-state index in [0.717, 1.165) is 11.1 Å². The molecule has 1 aliphatic heterocycles. The molecule has 1 aliphatic rings. The summed E-state index contributed by atoms with van der Waals surface area (Å²) in [4.78, 5) is 11.8. The predicted octanol–water partition coefficient (Wildman–Crippen LogP) is 1.48. The van der Waals surface area contributed by atoms with Crippen LogP contribution in [0.5, 0.6) is 0 Å². The van der Waals surface area contributed by atoms with Gasteiger partial charge in [-0.2, -0.15) is 0 Å². The molecule has 6 heteroatoms. The molecular formula is C13H16ClNO3S. The van der Waals surface area contributed by atoms with Crippen molar-refractivity contribution in [2.75, 3.05) is 11.5 Å². The lowest BCUT2D eigenvalue weighted by Crippen LogP contribution is -2.30. The van der Waals surface area contributed by atoms with E-state index < -0.39 is 15.8 Å². The van der Waals surface area contributed by atoms with E-state index in [-0.39, 0.29) is 17.4 Å². The minimum absolute atomic E-state index is 0.0238. The van der Waals surface area contributed by atoms with Crippen LogP contribution in [0.3, 0.4) is 0 Å². The number of hydrogen-bond acceptors (Lipinski definition) is 3. The van der Waals surface area contributed by atoms with Gasteiger partial charge < -0.3 is 5.32 Å². The van der Waals surface area contributed by atoms with Crippen LogP contribution in [-0.4, -0.2) is 25.8 Å². The van der Waals surface area contributed by atoms with E-state index in [1.54, 1.807) is 0 Å². The minimum atomic E-state index is -3.01. The Morgan fingerprint density at radius 3 is 2.42 bits per heavy atom. The Morgan fingerprint density at radius 2 is 1.89 bits per heavy atom. The second-order valence-corrected chi connectivity index (χ2v) is 7.26. The zero-order valence-electron chi connectivity index (χ0n) is 10.4. The topological polar surface area (TPSA) is 63.2 Å². The number of rotatable bonds is 4. The van der Waals surface area contributed by atoms with Crippen molar-refractivity contribution < 1.29 is 13.2 Å². The standard InChI is InChI=1S/C13H16ClNO3S/c14-7-10-1-3-11(4-2-10)8-15-13(16)12-5-6-19(17,18)9-12/h1-4,12H,5-9H2,(H,15,16). The molecule has 19 heavy (non-hydrogen) atoms. The van der Waals surface area contributed by atoms with Crippen molar-refractivity contribution in [3.05, 3.63) is 35.4 Å². The first kappa shape index (κ1) is 14.3. The second kappa shape index (κ2) is 5.92. The Balaban J connectivity index is 1.86. The largest absolute Gasteiger partial charge is 0.352 e. The quantitative estimate of drug-likeness (QED) is 0.857. The van der Waals surface area contributed by atoms with Crippen LogP contribution in [-0.2, 0) is 27.1 Å². The maximum Gasteiger partial charge on any atom is 0.224 e. The van der Waals surface area contributed by atoms with Crippen molar-refractivity contribution in [1.29, 1.82) is 0 Å². The molecule has 1 unspecified atom stereocenters. The number of amides is 1. The third-order valence-electron chi connectivity index (χ3n) is 3.25. The summed E-state index contributed by atoms with van der Waals surface area (Å²) in [7, 11) is -3.01. The number of carbonyl (C=O) groups excluding carboxylic acids is 1. The molecule has 1 saturated heterocycles. The minimum Gasteiger partial charge on any atom is -0.352 e. The molecule has 1 N–H and O–H groups in total. The summed E-state index contributed by atoms with van der Waals surface area (Å²) in [5, 5.41) is 2.78. The van der Waals surface area contributed by atoms with E-state index in [4.69, 9.17) is 11.6 Å². The molecule has 1 aromatic carbocycles. The van der Waals surface area contributed by atoms with Gasteiger partial charge in [0.05, 0.1) is 17.4 Å². The Morgan fingerprint density at radius 1 is 1.26 bits per heavy atom. The zero-order chi connectivity index (χ0) is 13.9. The van der Waals surface area contributed by atoms with E-state index in [0.29, 0.717) is 18.8 Å². The normalized spacial score (nSPS) is 21.2. The fourth-order valence-electron chi connectivity index (χ4n) is 2.08. The van der Waals surface area contributed by atoms with Gasteiger partial charge in [0.2, 0.25) is 5.91 Å². The predicted molar refractivity (Wildman–Crippen MR) is 74.6 cm³/mol. The maximum absolute atomic E-state index is 11.8. The lowest BCUT2D eigenvalue weighted by Gasteiger charge is -2.09. The van der Waals surface area contributed by atoms with Crippen molar-refractivity contribution in [1.82, 2.24) is 5.32 Å². The first-order valence-corrected chi connectivity index (χ1v) is 8.48. The molecular weight excluding hydrogens is 286 g/mol. The van der Waals surface area contributed by atoms with Gasteiger partial charge in [-0.05, 0) is 17.5 Å². The third-order valence-corrected chi connectivity index (χ3v) is 5.32. The molecule has 1 heterocycles. The number of alkyl halides is 1. The van der Waals surface area contributed by atoms with Crippen LogP contribution in [0.2, 0.25) is 0 Å². The number of halogens is 1. The zero-order valence-corrected chi connectivity index (χ0v) is 12.0. The third kappa shape index (κ3) is 3.94. The molecule has 0 radical (unpaired) electrons. The summed E-state index contributed by atoms with van der Waals surface area (Å²) in [6, 6.07) is 7.63. The van der Waals surface area contributed by atoms with Crippen LogP contribution in [0.4, 0.5) is 0 Å². The van der Waals surface area contributed by atoms with E-state index in [1.165, 1.54) is 0 Å². The highest BCUT2D eigenvalue weighted by Crippen LogP contribution is 2.18. The molecule has 0 aliphatic carbocycles. The lowest BCUT2D eigenvalue weighted by molar-refractivity contribution is -0.124. The number of carbonyl (C=O) groups is 1. The van der Waals surface area contributed by atoms with Gasteiger partial charge in [-0.1, -0.05) is 24.3 Å². The van der Waals surface area contributed by atoms with Crippen LogP contribution in [0.1, 0.15) is 17.5 Å². The van der Waals surface area contributed by atoms with E-state index in [2.05, 4.69) is 5.32 Å². The number of hydrogen-bond donors (Lipinski definition) is 1. The van der Waals surface area contributed by atoms with Gasteiger partial charge in [0.25, 0.3) is 0 Å². The summed E-state index contributed by atoms with van der Waals surface area (Å²) in [5.74, 6) is -0.0128. The Kier molecular flexibility index (Phi) is 4.47. The maximum atomic E-state index is 11.8. The molecule has 1 fully saturated rings. The first-order valence-electron chi connectivity index (χ1n) is 6.12. The Labute approximate surface area is 118 Å². The Hall–Kier alpha value is -1.07. The van der Waals surface area contributed by atoms with Gasteiger partial charge in [-0.15, -0.1) is 11.6 Å². The van der Waals surface area contributed by atoms with E-state index in [9.17, 15) is 13.2 Å². The smallest absolute Gasteiger partial charge is 0.224 e. The van der Waals surface area contributed by atoms with Gasteiger partial charge in [-0.25, -0.2) is 8.42 Å². The first-order chi connectivity index (χ1) is 9.00. The molecule has 0 bridgehead atoms. The van der Waals surface area contributed by atoms with Crippen LogP contribution in [0.25, 0.3) is 0 Å². The van der Waals surface area contributed by atoms with Gasteiger partial charge >= 0.3 is 0 Å². The second-order valence-electron chi connectivity index (χ2n) is 4.77. The number of sulfone groups is 1. The molecule has 0 aromatic heterocycles. The van der Waals surface area contributed by atoms with E-state index >= 15 is 0 Å². The van der Waals surface area contributed by atoms with Crippen molar-refractivity contribution in [2.45, 2.75) is 18.8 Å². The molecule has 1 amide bonds. The highest BCUT2D eigenvalue weighted by atomic mass is 35.5. The average molecular weight is 302 g/mol. The van der Waals surface area contributed by atoms with Crippen molar-refractivity contribution >= 4 is 27.3 Å². The summed E-state index contributed by atoms with van der Waals surface area (Å²) in [6.07, 6.45) is 0.430. The van der Waals surface area contributed by atoms with Crippen LogP contribution in [0, 0.1) is 5.92 Å². The fourth-order valence-corrected chi connectivity index (χ4v) is 4.00. The van der Waals surface area contributed by atoms with Crippen molar-refractivity contribution in [3.8, 4) is 0 Å². The molecule has 0 spiro atoms. The van der Waals surface area contributed by atoms with Gasteiger partial charge in [-0.3, -0.25) is 4.79 Å². The number of nitrogens with one attached hydrogen (secondary N) is 1. The number of benzene rings is 1. The average Bonchev–Trinajstić information content (AvgIpc) is 2.77. The lowest BCUT2D eigenvalue weighted by atomic mass is 10.1. The van der Waals surface area contributed by atoms with Crippen LogP contribution < -0.4 is 5.32 Å². The molecule has 1 atom stereocenters. The molecule has 104 valence electrons. The summed E-state index contributed by atoms with van der Waals surface area (Å²) in [6.45, 7) is 0.415. The van der Waals surface area contributed by atoms with E-state index in [1.807, 2.05) is 24.3 Å². The molecule has 2 rings (SSSR count).